The molecule has 0 amide bonds. The normalized spacial score (nSPS) is 21.0. The van der Waals surface area contributed by atoms with Crippen LogP contribution < -0.4 is 5.32 Å². The Labute approximate surface area is 193 Å². The number of hydrogen-bond acceptors (Lipinski definition) is 4. The Kier molecular flexibility index (Phi) is 5.66. The first-order chi connectivity index (χ1) is 15.7. The van der Waals surface area contributed by atoms with E-state index < -0.39 is 0 Å². The molecule has 3 heterocycles. The molecule has 0 unspecified atom stereocenters. The van der Waals surface area contributed by atoms with E-state index in [0.29, 0.717) is 11.6 Å². The molecule has 1 saturated carbocycles. The maximum absolute atomic E-state index is 12.1. The van der Waals surface area contributed by atoms with Gasteiger partial charge in [0.05, 0.1) is 30.5 Å². The van der Waals surface area contributed by atoms with E-state index in [1.54, 1.807) is 6.07 Å². The molecule has 2 fully saturated rings. The predicted octanol–water partition coefficient (Wildman–Crippen LogP) is 4.57. The minimum absolute atomic E-state index is 0.00252. The number of carbonyl (C=O) groups excluding carboxylic acids is 1. The number of pyridine rings is 1. The highest BCUT2D eigenvalue weighted by molar-refractivity contribution is 7.80. The number of thiocarbonyl (C=S) groups is 1. The molecular weight excluding hydrogens is 420 g/mol. The van der Waals surface area contributed by atoms with Gasteiger partial charge in [0.1, 0.15) is 0 Å². The molecule has 0 spiro atoms. The fraction of sp³-hybridized carbons (Fsp3) is 0.320. The van der Waals surface area contributed by atoms with Crippen LogP contribution in [0.4, 0.5) is 0 Å². The number of carbonyl (C=O) groups is 1. The second-order valence-corrected chi connectivity index (χ2v) is 8.70. The summed E-state index contributed by atoms with van der Waals surface area (Å²) in [6.07, 6.45) is 8.61. The van der Waals surface area contributed by atoms with E-state index in [9.17, 15) is 4.79 Å². The molecule has 2 aromatic heterocycles. The van der Waals surface area contributed by atoms with Crippen molar-refractivity contribution in [2.45, 2.75) is 43.8 Å². The summed E-state index contributed by atoms with van der Waals surface area (Å²) in [6.45, 7) is 0. The van der Waals surface area contributed by atoms with E-state index in [0.717, 1.165) is 35.0 Å². The van der Waals surface area contributed by atoms with Crippen molar-refractivity contribution in [2.24, 2.45) is 0 Å². The van der Waals surface area contributed by atoms with Crippen molar-refractivity contribution in [3.8, 4) is 5.69 Å². The van der Waals surface area contributed by atoms with Crippen LogP contribution in [-0.2, 0) is 4.74 Å². The fourth-order valence-electron chi connectivity index (χ4n) is 5.03. The Morgan fingerprint density at radius 2 is 1.97 bits per heavy atom. The van der Waals surface area contributed by atoms with Crippen molar-refractivity contribution in [1.29, 1.82) is 0 Å². The highest BCUT2D eigenvalue weighted by atomic mass is 32.1. The number of ether oxygens (including phenoxy) is 1. The molecule has 1 N–H and O–H groups in total. The van der Waals surface area contributed by atoms with Gasteiger partial charge in [-0.3, -0.25) is 4.98 Å². The minimum Gasteiger partial charge on any atom is -0.465 e. The van der Waals surface area contributed by atoms with E-state index in [1.165, 1.54) is 20.0 Å². The monoisotopic (exact) mass is 446 g/mol. The van der Waals surface area contributed by atoms with Gasteiger partial charge in [0.2, 0.25) is 0 Å². The largest absolute Gasteiger partial charge is 0.465 e. The van der Waals surface area contributed by atoms with Crippen molar-refractivity contribution < 1.29 is 9.53 Å². The number of benzene rings is 1. The topological polar surface area (TPSA) is 59.4 Å². The molecule has 5 rings (SSSR count). The fourth-order valence-corrected chi connectivity index (χ4v) is 5.42. The van der Waals surface area contributed by atoms with Crippen LogP contribution in [-0.4, -0.2) is 38.7 Å². The van der Waals surface area contributed by atoms with Gasteiger partial charge >= 0.3 is 5.97 Å². The van der Waals surface area contributed by atoms with Gasteiger partial charge in [-0.1, -0.05) is 25.0 Å². The number of nitrogens with one attached hydrogen (secondary N) is 1. The molecule has 1 aliphatic heterocycles. The summed E-state index contributed by atoms with van der Waals surface area (Å²) in [5.41, 5.74) is 3.52. The second-order valence-electron chi connectivity index (χ2n) is 8.32. The number of methoxy groups -OCH3 is 1. The quantitative estimate of drug-likeness (QED) is 0.458. The molecule has 32 heavy (non-hydrogen) atoms. The number of nitrogens with zero attached hydrogens (tertiary/aromatic N) is 3. The van der Waals surface area contributed by atoms with Crippen molar-refractivity contribution in [3.63, 3.8) is 0 Å². The van der Waals surface area contributed by atoms with Crippen LogP contribution in [0.1, 0.15) is 59.5 Å². The summed E-state index contributed by atoms with van der Waals surface area (Å²) >= 11 is 5.85. The SMILES string of the molecule is COC(=O)c1cccc(-n2cccc2[C@@H]2[C@@H](c3ccccn3)NC(=S)N2C2CCCC2)c1. The predicted molar refractivity (Wildman–Crippen MR) is 127 cm³/mol. The highest BCUT2D eigenvalue weighted by Gasteiger charge is 2.44. The molecule has 1 aliphatic carbocycles. The van der Waals surface area contributed by atoms with Crippen LogP contribution in [0.5, 0.6) is 0 Å². The van der Waals surface area contributed by atoms with E-state index in [1.807, 2.05) is 48.8 Å². The molecule has 7 heteroatoms. The van der Waals surface area contributed by atoms with Crippen LogP contribution in [0.25, 0.3) is 5.69 Å². The van der Waals surface area contributed by atoms with Crippen molar-refractivity contribution >= 4 is 23.3 Å². The zero-order valence-electron chi connectivity index (χ0n) is 18.0. The summed E-state index contributed by atoms with van der Waals surface area (Å²) in [5.74, 6) is -0.344. The minimum atomic E-state index is -0.344. The lowest BCUT2D eigenvalue weighted by atomic mass is 9.99. The number of hydrogen-bond donors (Lipinski definition) is 1. The summed E-state index contributed by atoms with van der Waals surface area (Å²) in [6, 6.07) is 18.1. The van der Waals surface area contributed by atoms with E-state index in [4.69, 9.17) is 17.0 Å². The third-order valence-electron chi connectivity index (χ3n) is 6.48. The summed E-state index contributed by atoms with van der Waals surface area (Å²) < 4.78 is 7.06. The first kappa shape index (κ1) is 20.7. The summed E-state index contributed by atoms with van der Waals surface area (Å²) in [7, 11) is 1.40. The first-order valence-electron chi connectivity index (χ1n) is 11.0. The van der Waals surface area contributed by atoms with Gasteiger partial charge in [-0.15, -0.1) is 0 Å². The van der Waals surface area contributed by atoms with E-state index >= 15 is 0 Å². The summed E-state index contributed by atoms with van der Waals surface area (Å²) in [5, 5.41) is 4.35. The molecule has 164 valence electrons. The highest BCUT2D eigenvalue weighted by Crippen LogP contribution is 2.43. The van der Waals surface area contributed by atoms with Crippen molar-refractivity contribution in [3.05, 3.63) is 83.9 Å². The lowest BCUT2D eigenvalue weighted by Crippen LogP contribution is -2.38. The van der Waals surface area contributed by atoms with Crippen molar-refractivity contribution in [1.82, 2.24) is 19.8 Å². The maximum atomic E-state index is 12.1. The maximum Gasteiger partial charge on any atom is 0.337 e. The Morgan fingerprint density at radius 1 is 1.12 bits per heavy atom. The zero-order valence-corrected chi connectivity index (χ0v) is 18.8. The average molecular weight is 447 g/mol. The number of rotatable bonds is 5. The van der Waals surface area contributed by atoms with Gasteiger partial charge < -0.3 is 19.5 Å². The molecule has 2 aliphatic rings. The molecule has 6 nitrogen and oxygen atoms in total. The smallest absolute Gasteiger partial charge is 0.337 e. The average Bonchev–Trinajstić information content (AvgIpc) is 3.58. The Bertz CT molecular complexity index is 1120. The molecule has 3 aromatic rings. The Balaban J connectivity index is 1.60. The van der Waals surface area contributed by atoms with E-state index in [-0.39, 0.29) is 18.1 Å². The van der Waals surface area contributed by atoms with Gasteiger partial charge in [0.15, 0.2) is 5.11 Å². The Hall–Kier alpha value is -3.19. The third kappa shape index (κ3) is 3.66. The van der Waals surface area contributed by atoms with Crippen molar-refractivity contribution in [2.75, 3.05) is 7.11 Å². The first-order valence-corrected chi connectivity index (χ1v) is 11.4. The van der Waals surface area contributed by atoms with Gasteiger partial charge in [0.25, 0.3) is 0 Å². The van der Waals surface area contributed by atoms with Crippen LogP contribution in [0.15, 0.2) is 67.0 Å². The standard InChI is InChI=1S/C25H26N4O2S/c1-31-24(30)17-8-6-11-19(16-17)28-15-7-13-21(28)23-22(20-12-4-5-14-26-20)27-25(32)29(23)18-9-2-3-10-18/h4-8,11-16,18,22-23H,2-3,9-10H2,1H3,(H,27,32)/t22-,23-/m1/s1. The van der Waals surface area contributed by atoms with Crippen LogP contribution >= 0.6 is 12.2 Å². The van der Waals surface area contributed by atoms with Gasteiger partial charge in [-0.05, 0) is 67.5 Å². The number of esters is 1. The lowest BCUT2D eigenvalue weighted by molar-refractivity contribution is 0.0600. The Morgan fingerprint density at radius 3 is 2.72 bits per heavy atom. The molecule has 1 aromatic carbocycles. The molecule has 0 bridgehead atoms. The lowest BCUT2D eigenvalue weighted by Gasteiger charge is -2.33. The van der Waals surface area contributed by atoms with Gasteiger partial charge in [0, 0.05) is 29.8 Å². The van der Waals surface area contributed by atoms with Crippen LogP contribution in [0, 0.1) is 0 Å². The molecular formula is C25H26N4O2S. The molecule has 1 saturated heterocycles. The van der Waals surface area contributed by atoms with Gasteiger partial charge in [-0.25, -0.2) is 4.79 Å². The van der Waals surface area contributed by atoms with E-state index in [2.05, 4.69) is 31.9 Å². The molecule has 2 atom stereocenters. The molecule has 0 radical (unpaired) electrons. The summed E-state index contributed by atoms with van der Waals surface area (Å²) in [4.78, 5) is 19.1. The number of aromatic nitrogens is 2. The zero-order chi connectivity index (χ0) is 22.1. The third-order valence-corrected chi connectivity index (χ3v) is 6.81. The van der Waals surface area contributed by atoms with Crippen LogP contribution in [0.2, 0.25) is 0 Å². The second kappa shape index (κ2) is 8.74. The van der Waals surface area contributed by atoms with Crippen LogP contribution in [0.3, 0.4) is 0 Å². The van der Waals surface area contributed by atoms with Gasteiger partial charge in [-0.2, -0.15) is 0 Å².